The second-order valence-electron chi connectivity index (χ2n) is 6.51. The Balaban J connectivity index is 0.00000280. The second-order valence-corrected chi connectivity index (χ2v) is 6.95. The molecule has 1 aromatic heterocycles. The normalized spacial score (nSPS) is 14.8. The summed E-state index contributed by atoms with van der Waals surface area (Å²) >= 11 is 6.00. The van der Waals surface area contributed by atoms with Crippen LogP contribution < -0.4 is 15.0 Å². The minimum absolute atomic E-state index is 0. The maximum absolute atomic E-state index is 12.6. The monoisotopic (exact) mass is 432 g/mol. The van der Waals surface area contributed by atoms with Gasteiger partial charge in [0.15, 0.2) is 0 Å². The minimum atomic E-state index is -2.87. The first-order chi connectivity index (χ1) is 13.0. The van der Waals surface area contributed by atoms with Gasteiger partial charge in [-0.3, -0.25) is 0 Å². The van der Waals surface area contributed by atoms with Gasteiger partial charge >= 0.3 is 6.61 Å². The predicted molar refractivity (Wildman–Crippen MR) is 110 cm³/mol. The van der Waals surface area contributed by atoms with Crippen LogP contribution in [0.2, 0.25) is 5.02 Å². The number of ether oxygens (including phenoxy) is 1. The summed E-state index contributed by atoms with van der Waals surface area (Å²) in [5, 5.41) is 3.77. The lowest BCUT2D eigenvalue weighted by Gasteiger charge is -2.34. The Bertz CT molecular complexity index is 758. The number of nitrogens with zero attached hydrogens (tertiary/aromatic N) is 3. The number of anilines is 1. The number of rotatable bonds is 7. The summed E-state index contributed by atoms with van der Waals surface area (Å²) < 4.78 is 29.7. The van der Waals surface area contributed by atoms with E-state index in [1.807, 2.05) is 12.1 Å². The molecule has 1 aliphatic heterocycles. The maximum Gasteiger partial charge on any atom is 0.387 e. The molecule has 3 rings (SSSR count). The molecule has 1 aromatic carbocycles. The Labute approximate surface area is 175 Å². The highest BCUT2D eigenvalue weighted by Crippen LogP contribution is 2.25. The highest BCUT2D eigenvalue weighted by Gasteiger charge is 2.18. The largest absolute Gasteiger partial charge is 0.434 e. The molecule has 1 saturated heterocycles. The lowest BCUT2D eigenvalue weighted by Crippen LogP contribution is -2.45. The number of aromatic nitrogens is 1. The van der Waals surface area contributed by atoms with Gasteiger partial charge in [-0.15, -0.1) is 12.4 Å². The van der Waals surface area contributed by atoms with E-state index >= 15 is 0 Å². The third kappa shape index (κ3) is 6.17. The predicted octanol–water partition coefficient (Wildman–Crippen LogP) is 3.80. The van der Waals surface area contributed by atoms with Crippen LogP contribution in [0, 0.1) is 0 Å². The van der Waals surface area contributed by atoms with Crippen molar-refractivity contribution in [1.29, 1.82) is 0 Å². The van der Waals surface area contributed by atoms with Crippen LogP contribution in [0.1, 0.15) is 11.1 Å². The summed E-state index contributed by atoms with van der Waals surface area (Å²) in [5.74, 6) is 1.10. The molecule has 0 saturated carbocycles. The fraction of sp³-hybridized carbons (Fsp3) is 0.421. The summed E-state index contributed by atoms with van der Waals surface area (Å²) in [6.45, 7) is 1.92. The zero-order valence-corrected chi connectivity index (χ0v) is 17.1. The zero-order chi connectivity index (χ0) is 19.2. The Kier molecular flexibility index (Phi) is 8.69. The number of pyridine rings is 1. The number of alkyl halides is 2. The molecule has 0 spiro atoms. The van der Waals surface area contributed by atoms with Gasteiger partial charge in [0.2, 0.25) is 0 Å². The van der Waals surface area contributed by atoms with Crippen molar-refractivity contribution in [2.75, 3.05) is 38.1 Å². The fourth-order valence-corrected chi connectivity index (χ4v) is 3.29. The molecule has 28 heavy (non-hydrogen) atoms. The molecule has 1 aliphatic rings. The fourth-order valence-electron chi connectivity index (χ4n) is 3.10. The lowest BCUT2D eigenvalue weighted by molar-refractivity contribution is -0.0505. The van der Waals surface area contributed by atoms with Gasteiger partial charge in [0.1, 0.15) is 11.6 Å². The molecule has 0 aliphatic carbocycles. The molecular formula is C19H24Cl2F2N4O. The highest BCUT2D eigenvalue weighted by molar-refractivity contribution is 6.30. The Hall–Kier alpha value is -1.67. The standard InChI is InChI=1S/C19H23ClF2N4O.ClH/c1-25-7-9-26(10-8-25)18-14(3-2-6-24-18)12-23-13-15-11-16(20)4-5-17(15)27-19(21)22;/h2-6,11,19,23H,7-10,12-13H2,1H3;1H. The number of piperazine rings is 1. The van der Waals surface area contributed by atoms with E-state index in [0.29, 0.717) is 23.7 Å². The quantitative estimate of drug-likeness (QED) is 0.720. The molecule has 2 aromatic rings. The molecule has 1 fully saturated rings. The number of nitrogens with one attached hydrogen (secondary N) is 1. The van der Waals surface area contributed by atoms with Gasteiger partial charge in [-0.2, -0.15) is 8.78 Å². The van der Waals surface area contributed by atoms with Crippen molar-refractivity contribution in [2.24, 2.45) is 0 Å². The molecular weight excluding hydrogens is 409 g/mol. The average molecular weight is 433 g/mol. The first kappa shape index (κ1) is 22.6. The van der Waals surface area contributed by atoms with Crippen LogP contribution in [0.25, 0.3) is 0 Å². The molecule has 0 unspecified atom stereocenters. The molecule has 0 bridgehead atoms. The van der Waals surface area contributed by atoms with Crippen LogP contribution in [-0.2, 0) is 13.1 Å². The number of hydrogen-bond donors (Lipinski definition) is 1. The van der Waals surface area contributed by atoms with Gasteiger partial charge < -0.3 is 19.9 Å². The van der Waals surface area contributed by atoms with E-state index in [1.165, 1.54) is 12.1 Å². The maximum atomic E-state index is 12.6. The smallest absolute Gasteiger partial charge is 0.387 e. The van der Waals surface area contributed by atoms with Gasteiger partial charge in [-0.25, -0.2) is 4.98 Å². The van der Waals surface area contributed by atoms with E-state index in [9.17, 15) is 8.78 Å². The van der Waals surface area contributed by atoms with Crippen molar-refractivity contribution in [3.05, 3.63) is 52.7 Å². The summed E-state index contributed by atoms with van der Waals surface area (Å²) in [5.41, 5.74) is 1.66. The zero-order valence-electron chi connectivity index (χ0n) is 15.6. The van der Waals surface area contributed by atoms with Crippen LogP contribution in [0.3, 0.4) is 0 Å². The lowest BCUT2D eigenvalue weighted by atomic mass is 10.2. The van der Waals surface area contributed by atoms with Crippen molar-refractivity contribution < 1.29 is 13.5 Å². The Morgan fingerprint density at radius 3 is 2.57 bits per heavy atom. The molecule has 9 heteroatoms. The van der Waals surface area contributed by atoms with E-state index in [-0.39, 0.29) is 18.2 Å². The van der Waals surface area contributed by atoms with Crippen molar-refractivity contribution >= 4 is 29.8 Å². The third-order valence-corrected chi connectivity index (χ3v) is 4.77. The average Bonchev–Trinajstić information content (AvgIpc) is 2.65. The van der Waals surface area contributed by atoms with E-state index in [0.717, 1.165) is 37.6 Å². The molecule has 0 radical (unpaired) electrons. The van der Waals surface area contributed by atoms with Crippen LogP contribution in [0.4, 0.5) is 14.6 Å². The van der Waals surface area contributed by atoms with Gasteiger partial charge in [-0.1, -0.05) is 17.7 Å². The first-order valence-corrected chi connectivity index (χ1v) is 9.22. The van der Waals surface area contributed by atoms with Crippen LogP contribution in [0.5, 0.6) is 5.75 Å². The molecule has 5 nitrogen and oxygen atoms in total. The van der Waals surface area contributed by atoms with Crippen LogP contribution in [0.15, 0.2) is 36.5 Å². The molecule has 2 heterocycles. The van der Waals surface area contributed by atoms with Crippen molar-refractivity contribution in [3.63, 3.8) is 0 Å². The number of likely N-dealkylation sites (N-methyl/N-ethyl adjacent to an activating group) is 1. The Morgan fingerprint density at radius 1 is 1.14 bits per heavy atom. The third-order valence-electron chi connectivity index (χ3n) is 4.54. The number of halogens is 4. The molecule has 1 N–H and O–H groups in total. The van der Waals surface area contributed by atoms with Gasteiger partial charge in [0.25, 0.3) is 0 Å². The van der Waals surface area contributed by atoms with E-state index < -0.39 is 6.61 Å². The molecule has 0 atom stereocenters. The topological polar surface area (TPSA) is 40.6 Å². The van der Waals surface area contributed by atoms with E-state index in [1.54, 1.807) is 12.3 Å². The van der Waals surface area contributed by atoms with Crippen molar-refractivity contribution in [3.8, 4) is 5.75 Å². The minimum Gasteiger partial charge on any atom is -0.434 e. The van der Waals surface area contributed by atoms with Crippen molar-refractivity contribution in [2.45, 2.75) is 19.7 Å². The summed E-state index contributed by atoms with van der Waals surface area (Å²) in [4.78, 5) is 9.12. The van der Waals surface area contributed by atoms with E-state index in [2.05, 4.69) is 31.9 Å². The van der Waals surface area contributed by atoms with Crippen molar-refractivity contribution in [1.82, 2.24) is 15.2 Å². The summed E-state index contributed by atoms with van der Waals surface area (Å²) in [7, 11) is 2.11. The van der Waals surface area contributed by atoms with Crippen LogP contribution >= 0.6 is 24.0 Å². The van der Waals surface area contributed by atoms with E-state index in [4.69, 9.17) is 11.6 Å². The van der Waals surface area contributed by atoms with Crippen LogP contribution in [-0.4, -0.2) is 49.7 Å². The summed E-state index contributed by atoms with van der Waals surface area (Å²) in [6.07, 6.45) is 1.79. The van der Waals surface area contributed by atoms with Gasteiger partial charge in [-0.05, 0) is 31.3 Å². The number of hydrogen-bond acceptors (Lipinski definition) is 5. The first-order valence-electron chi connectivity index (χ1n) is 8.84. The Morgan fingerprint density at radius 2 is 1.86 bits per heavy atom. The van der Waals surface area contributed by atoms with Gasteiger partial charge in [0.05, 0.1) is 0 Å². The molecule has 0 amide bonds. The SMILES string of the molecule is CN1CCN(c2ncccc2CNCc2cc(Cl)ccc2OC(F)F)CC1.Cl. The van der Waals surface area contributed by atoms with Gasteiger partial charge in [0, 0.05) is 61.6 Å². The second kappa shape index (κ2) is 10.8. The number of benzene rings is 1. The molecule has 154 valence electrons. The highest BCUT2D eigenvalue weighted by atomic mass is 35.5. The summed E-state index contributed by atoms with van der Waals surface area (Å²) in [6, 6.07) is 8.57.